The number of ether oxygens (including phenoxy) is 1. The van der Waals surface area contributed by atoms with E-state index in [1.807, 2.05) is 41.5 Å². The van der Waals surface area contributed by atoms with Crippen molar-refractivity contribution in [3.8, 4) is 0 Å². The van der Waals surface area contributed by atoms with Gasteiger partial charge in [0, 0.05) is 6.54 Å². The fourth-order valence-corrected chi connectivity index (χ4v) is 1.11. The molecular formula is C11H24N2O3. The van der Waals surface area contributed by atoms with Gasteiger partial charge in [-0.2, -0.15) is 0 Å². The van der Waals surface area contributed by atoms with Crippen molar-refractivity contribution in [3.05, 3.63) is 0 Å². The van der Waals surface area contributed by atoms with Crippen molar-refractivity contribution in [3.63, 3.8) is 0 Å². The smallest absolute Gasteiger partial charge is 0.407 e. The van der Waals surface area contributed by atoms with Crippen molar-refractivity contribution in [1.82, 2.24) is 10.8 Å². The van der Waals surface area contributed by atoms with Crippen molar-refractivity contribution in [2.45, 2.75) is 53.2 Å². The third kappa shape index (κ3) is 6.63. The largest absolute Gasteiger partial charge is 0.444 e. The van der Waals surface area contributed by atoms with Gasteiger partial charge in [0.2, 0.25) is 0 Å². The Kier molecular flexibility index (Phi) is 5.22. The molecule has 0 spiro atoms. The minimum Gasteiger partial charge on any atom is -0.444 e. The van der Waals surface area contributed by atoms with E-state index in [4.69, 9.17) is 9.94 Å². The molecule has 5 heteroatoms. The van der Waals surface area contributed by atoms with Crippen LogP contribution in [0.3, 0.4) is 0 Å². The Labute approximate surface area is 97.5 Å². The van der Waals surface area contributed by atoms with Crippen molar-refractivity contribution in [2.75, 3.05) is 6.54 Å². The number of rotatable bonds is 3. The van der Waals surface area contributed by atoms with E-state index in [0.29, 0.717) is 0 Å². The second-order valence-corrected chi connectivity index (χ2v) is 5.93. The van der Waals surface area contributed by atoms with Gasteiger partial charge >= 0.3 is 6.09 Å². The van der Waals surface area contributed by atoms with Crippen LogP contribution in [0.4, 0.5) is 4.79 Å². The van der Waals surface area contributed by atoms with Gasteiger partial charge in [-0.25, -0.2) is 10.3 Å². The van der Waals surface area contributed by atoms with E-state index in [1.165, 1.54) is 0 Å². The average Bonchev–Trinajstić information content (AvgIpc) is 1.97. The summed E-state index contributed by atoms with van der Waals surface area (Å²) in [6.07, 6.45) is -0.470. The molecule has 96 valence electrons. The number of nitrogens with one attached hydrogen (secondary N) is 2. The molecule has 5 nitrogen and oxygen atoms in total. The minimum absolute atomic E-state index is 0.160. The van der Waals surface area contributed by atoms with Crippen molar-refractivity contribution < 1.29 is 14.7 Å². The lowest BCUT2D eigenvalue weighted by atomic mass is 9.87. The van der Waals surface area contributed by atoms with E-state index >= 15 is 0 Å². The molecule has 1 unspecified atom stereocenters. The van der Waals surface area contributed by atoms with Crippen molar-refractivity contribution >= 4 is 6.09 Å². The minimum atomic E-state index is -0.515. The topological polar surface area (TPSA) is 70.6 Å². The van der Waals surface area contributed by atoms with Gasteiger partial charge in [-0.3, -0.25) is 0 Å². The number of hydrogen-bond acceptors (Lipinski definition) is 4. The summed E-state index contributed by atoms with van der Waals surface area (Å²) in [7, 11) is 0. The molecular weight excluding hydrogens is 208 g/mol. The lowest BCUT2D eigenvalue weighted by molar-refractivity contribution is 0.0433. The summed E-state index contributed by atoms with van der Waals surface area (Å²) in [5.41, 5.74) is 1.40. The SMILES string of the molecule is CC(C)(C)OC(=O)NC(CNO)C(C)(C)C. The maximum absolute atomic E-state index is 11.5. The van der Waals surface area contributed by atoms with Crippen LogP contribution in [-0.2, 0) is 4.74 Å². The third-order valence-electron chi connectivity index (χ3n) is 2.03. The highest BCUT2D eigenvalue weighted by molar-refractivity contribution is 5.68. The van der Waals surface area contributed by atoms with Crippen LogP contribution in [0, 0.1) is 5.41 Å². The Balaban J connectivity index is 4.36. The maximum atomic E-state index is 11.5. The normalized spacial score (nSPS) is 14.4. The summed E-state index contributed by atoms with van der Waals surface area (Å²) in [5, 5.41) is 11.4. The number of amides is 1. The molecule has 0 aliphatic heterocycles. The quantitative estimate of drug-likeness (QED) is 0.650. The first-order valence-corrected chi connectivity index (χ1v) is 5.43. The van der Waals surface area contributed by atoms with Crippen LogP contribution in [0.1, 0.15) is 41.5 Å². The fourth-order valence-electron chi connectivity index (χ4n) is 1.11. The van der Waals surface area contributed by atoms with E-state index in [-0.39, 0.29) is 18.0 Å². The summed E-state index contributed by atoms with van der Waals surface area (Å²) in [4.78, 5) is 11.5. The highest BCUT2D eigenvalue weighted by atomic mass is 16.6. The Bertz CT molecular complexity index is 228. The number of hydrogen-bond donors (Lipinski definition) is 3. The number of carbonyl (C=O) groups excluding carboxylic acids is 1. The summed E-state index contributed by atoms with van der Waals surface area (Å²) in [6, 6.07) is -0.202. The molecule has 0 rings (SSSR count). The van der Waals surface area contributed by atoms with Crippen LogP contribution < -0.4 is 10.8 Å². The molecule has 0 aliphatic rings. The standard InChI is InChI=1S/C11H24N2O3/c1-10(2,3)8(7-12-15)13-9(14)16-11(4,5)6/h8,12,15H,7H2,1-6H3,(H,13,14). The monoisotopic (exact) mass is 232 g/mol. The molecule has 0 saturated carbocycles. The first-order valence-electron chi connectivity index (χ1n) is 5.43. The van der Waals surface area contributed by atoms with Crippen LogP contribution in [0.5, 0.6) is 0 Å². The van der Waals surface area contributed by atoms with Gasteiger partial charge in [-0.1, -0.05) is 20.8 Å². The lowest BCUT2D eigenvalue weighted by Gasteiger charge is -2.31. The Morgan fingerprint density at radius 1 is 1.25 bits per heavy atom. The Morgan fingerprint density at radius 3 is 2.06 bits per heavy atom. The first kappa shape index (κ1) is 15.2. The predicted molar refractivity (Wildman–Crippen MR) is 62.4 cm³/mol. The van der Waals surface area contributed by atoms with Gasteiger partial charge in [0.25, 0.3) is 0 Å². The van der Waals surface area contributed by atoms with Crippen LogP contribution in [0.25, 0.3) is 0 Å². The molecule has 0 bridgehead atoms. The van der Waals surface area contributed by atoms with E-state index in [9.17, 15) is 4.79 Å². The van der Waals surface area contributed by atoms with Gasteiger partial charge in [0.05, 0.1) is 6.04 Å². The number of alkyl carbamates (subject to hydrolysis) is 1. The molecule has 0 aromatic rings. The maximum Gasteiger partial charge on any atom is 0.407 e. The average molecular weight is 232 g/mol. The van der Waals surface area contributed by atoms with Gasteiger partial charge < -0.3 is 15.3 Å². The van der Waals surface area contributed by atoms with Crippen LogP contribution >= 0.6 is 0 Å². The second kappa shape index (κ2) is 5.50. The molecule has 0 saturated heterocycles. The van der Waals surface area contributed by atoms with Crippen LogP contribution in [-0.4, -0.2) is 29.5 Å². The molecule has 0 radical (unpaired) electrons. The highest BCUT2D eigenvalue weighted by Crippen LogP contribution is 2.19. The molecule has 0 aliphatic carbocycles. The third-order valence-corrected chi connectivity index (χ3v) is 2.03. The summed E-state index contributed by atoms with van der Waals surface area (Å²) in [5.74, 6) is 0. The molecule has 0 aromatic heterocycles. The number of carbonyl (C=O) groups is 1. The fraction of sp³-hybridized carbons (Fsp3) is 0.909. The van der Waals surface area contributed by atoms with E-state index in [2.05, 4.69) is 10.8 Å². The summed E-state index contributed by atoms with van der Waals surface area (Å²) >= 11 is 0. The van der Waals surface area contributed by atoms with Gasteiger partial charge in [0.15, 0.2) is 0 Å². The predicted octanol–water partition coefficient (Wildman–Crippen LogP) is 1.90. The molecule has 1 atom stereocenters. The van der Waals surface area contributed by atoms with Crippen LogP contribution in [0.15, 0.2) is 0 Å². The second-order valence-electron chi connectivity index (χ2n) is 5.93. The summed E-state index contributed by atoms with van der Waals surface area (Å²) < 4.78 is 5.15. The van der Waals surface area contributed by atoms with Gasteiger partial charge in [-0.05, 0) is 26.2 Å². The summed E-state index contributed by atoms with van der Waals surface area (Å²) in [6.45, 7) is 11.6. The van der Waals surface area contributed by atoms with Gasteiger partial charge in [0.1, 0.15) is 5.60 Å². The zero-order valence-electron chi connectivity index (χ0n) is 11.0. The van der Waals surface area contributed by atoms with E-state index in [0.717, 1.165) is 0 Å². The molecule has 16 heavy (non-hydrogen) atoms. The zero-order valence-corrected chi connectivity index (χ0v) is 11.0. The van der Waals surface area contributed by atoms with E-state index in [1.54, 1.807) is 0 Å². The van der Waals surface area contributed by atoms with Crippen LogP contribution in [0.2, 0.25) is 0 Å². The zero-order chi connectivity index (χ0) is 13.0. The molecule has 0 fully saturated rings. The molecule has 1 amide bonds. The molecule has 3 N–H and O–H groups in total. The van der Waals surface area contributed by atoms with Gasteiger partial charge in [-0.15, -0.1) is 0 Å². The van der Waals surface area contributed by atoms with Crippen molar-refractivity contribution in [2.24, 2.45) is 5.41 Å². The Hall–Kier alpha value is -0.810. The first-order chi connectivity index (χ1) is 7.06. The lowest BCUT2D eigenvalue weighted by Crippen LogP contribution is -2.50. The molecule has 0 heterocycles. The highest BCUT2D eigenvalue weighted by Gasteiger charge is 2.27. The van der Waals surface area contributed by atoms with Crippen molar-refractivity contribution in [1.29, 1.82) is 0 Å². The number of hydroxylamine groups is 1. The Morgan fingerprint density at radius 2 is 1.75 bits per heavy atom. The molecule has 0 aromatic carbocycles. The van der Waals surface area contributed by atoms with E-state index < -0.39 is 11.7 Å².